The Hall–Kier alpha value is -1.93. The van der Waals surface area contributed by atoms with Crippen molar-refractivity contribution in [1.82, 2.24) is 14.6 Å². The van der Waals surface area contributed by atoms with Crippen molar-refractivity contribution in [2.45, 2.75) is 31.8 Å². The first-order chi connectivity index (χ1) is 8.86. The fourth-order valence-corrected chi connectivity index (χ4v) is 2.32. The number of nitriles is 1. The standard InChI is InChI=1S/C13H14N4O/c14-9-10-4-5-17-12(7-10)15-16-13(17)8-11-3-1-2-6-18-11/h4-5,7,11H,1-3,6,8H2. The first-order valence-electron chi connectivity index (χ1n) is 6.22. The molecule has 0 aliphatic carbocycles. The number of ether oxygens (including phenoxy) is 1. The van der Waals surface area contributed by atoms with Crippen LogP contribution in [0.2, 0.25) is 0 Å². The molecule has 0 saturated carbocycles. The van der Waals surface area contributed by atoms with E-state index >= 15 is 0 Å². The maximum absolute atomic E-state index is 8.84. The quantitative estimate of drug-likeness (QED) is 0.804. The third kappa shape index (κ3) is 2.07. The molecule has 0 spiro atoms. The molecule has 92 valence electrons. The van der Waals surface area contributed by atoms with Crippen LogP contribution in [0.4, 0.5) is 0 Å². The minimum absolute atomic E-state index is 0.252. The van der Waals surface area contributed by atoms with Crippen LogP contribution in [0.3, 0.4) is 0 Å². The zero-order chi connectivity index (χ0) is 12.4. The second-order valence-corrected chi connectivity index (χ2v) is 4.56. The normalized spacial score (nSPS) is 19.8. The smallest absolute Gasteiger partial charge is 0.162 e. The largest absolute Gasteiger partial charge is 0.378 e. The first-order valence-corrected chi connectivity index (χ1v) is 6.22. The molecule has 1 aliphatic rings. The predicted molar refractivity (Wildman–Crippen MR) is 65.0 cm³/mol. The van der Waals surface area contributed by atoms with Crippen LogP contribution in [0, 0.1) is 11.3 Å². The molecule has 1 saturated heterocycles. The highest BCUT2D eigenvalue weighted by atomic mass is 16.5. The van der Waals surface area contributed by atoms with Gasteiger partial charge in [0.25, 0.3) is 0 Å². The lowest BCUT2D eigenvalue weighted by Gasteiger charge is -2.21. The van der Waals surface area contributed by atoms with Crippen molar-refractivity contribution in [3.8, 4) is 6.07 Å². The van der Waals surface area contributed by atoms with Gasteiger partial charge in [-0.1, -0.05) is 0 Å². The van der Waals surface area contributed by atoms with Crippen LogP contribution in [0.15, 0.2) is 18.3 Å². The van der Waals surface area contributed by atoms with Gasteiger partial charge in [-0.25, -0.2) is 0 Å². The molecule has 0 N–H and O–H groups in total. The minimum atomic E-state index is 0.252. The molecular weight excluding hydrogens is 228 g/mol. The molecule has 0 amide bonds. The zero-order valence-electron chi connectivity index (χ0n) is 10.0. The maximum atomic E-state index is 8.84. The Morgan fingerprint density at radius 1 is 1.44 bits per heavy atom. The fourth-order valence-electron chi connectivity index (χ4n) is 2.32. The molecule has 3 rings (SSSR count). The van der Waals surface area contributed by atoms with Crippen molar-refractivity contribution in [2.75, 3.05) is 6.61 Å². The second-order valence-electron chi connectivity index (χ2n) is 4.56. The van der Waals surface area contributed by atoms with E-state index < -0.39 is 0 Å². The van der Waals surface area contributed by atoms with Gasteiger partial charge in [0.2, 0.25) is 0 Å². The molecule has 5 heteroatoms. The molecule has 1 atom stereocenters. The molecule has 1 unspecified atom stereocenters. The Labute approximate surface area is 105 Å². The van der Waals surface area contributed by atoms with Crippen LogP contribution < -0.4 is 0 Å². The Kier molecular flexibility index (Phi) is 2.95. The molecule has 18 heavy (non-hydrogen) atoms. The molecule has 0 aromatic carbocycles. The number of pyridine rings is 1. The van der Waals surface area contributed by atoms with Crippen LogP contribution in [0.5, 0.6) is 0 Å². The van der Waals surface area contributed by atoms with Gasteiger partial charge in [-0.2, -0.15) is 5.26 Å². The van der Waals surface area contributed by atoms with Crippen LogP contribution in [0.25, 0.3) is 5.65 Å². The van der Waals surface area contributed by atoms with E-state index in [4.69, 9.17) is 10.00 Å². The Morgan fingerprint density at radius 3 is 3.17 bits per heavy atom. The number of hydrogen-bond donors (Lipinski definition) is 0. The summed E-state index contributed by atoms with van der Waals surface area (Å²) in [6, 6.07) is 5.63. The summed E-state index contributed by atoms with van der Waals surface area (Å²) in [5.74, 6) is 0.904. The zero-order valence-corrected chi connectivity index (χ0v) is 10.0. The molecule has 1 aliphatic heterocycles. The summed E-state index contributed by atoms with van der Waals surface area (Å²) >= 11 is 0. The maximum Gasteiger partial charge on any atom is 0.162 e. The summed E-state index contributed by atoms with van der Waals surface area (Å²) in [6.07, 6.45) is 6.36. The van der Waals surface area contributed by atoms with Crippen LogP contribution >= 0.6 is 0 Å². The lowest BCUT2D eigenvalue weighted by atomic mass is 10.1. The third-order valence-corrected chi connectivity index (χ3v) is 3.29. The van der Waals surface area contributed by atoms with Gasteiger partial charge in [0, 0.05) is 25.3 Å². The van der Waals surface area contributed by atoms with Gasteiger partial charge in [0.15, 0.2) is 5.65 Å². The minimum Gasteiger partial charge on any atom is -0.378 e. The summed E-state index contributed by atoms with van der Waals surface area (Å²) in [7, 11) is 0. The molecule has 1 fully saturated rings. The van der Waals surface area contributed by atoms with Crippen molar-refractivity contribution in [1.29, 1.82) is 5.26 Å². The third-order valence-electron chi connectivity index (χ3n) is 3.29. The van der Waals surface area contributed by atoms with Gasteiger partial charge in [0.05, 0.1) is 17.7 Å². The van der Waals surface area contributed by atoms with Crippen molar-refractivity contribution in [2.24, 2.45) is 0 Å². The summed E-state index contributed by atoms with van der Waals surface area (Å²) in [6.45, 7) is 0.847. The van der Waals surface area contributed by atoms with E-state index in [2.05, 4.69) is 16.3 Å². The highest BCUT2D eigenvalue weighted by molar-refractivity contribution is 5.45. The van der Waals surface area contributed by atoms with Crippen molar-refractivity contribution in [3.63, 3.8) is 0 Å². The Balaban J connectivity index is 1.86. The molecule has 3 heterocycles. The van der Waals surface area contributed by atoms with E-state index in [9.17, 15) is 0 Å². The van der Waals surface area contributed by atoms with E-state index in [-0.39, 0.29) is 6.10 Å². The Bertz CT molecular complexity index is 593. The molecule has 2 aromatic rings. The molecule has 5 nitrogen and oxygen atoms in total. The second kappa shape index (κ2) is 4.75. The highest BCUT2D eigenvalue weighted by Crippen LogP contribution is 2.17. The van der Waals surface area contributed by atoms with Crippen LogP contribution in [0.1, 0.15) is 30.7 Å². The molecular formula is C13H14N4O. The van der Waals surface area contributed by atoms with E-state index in [1.54, 1.807) is 12.1 Å². The fraction of sp³-hybridized carbons (Fsp3) is 0.462. The van der Waals surface area contributed by atoms with E-state index in [0.29, 0.717) is 5.56 Å². The lowest BCUT2D eigenvalue weighted by molar-refractivity contribution is 0.0155. The number of fused-ring (bicyclic) bond motifs is 1. The van der Waals surface area contributed by atoms with Crippen LogP contribution in [-0.4, -0.2) is 27.3 Å². The van der Waals surface area contributed by atoms with Gasteiger partial charge in [-0.15, -0.1) is 10.2 Å². The van der Waals surface area contributed by atoms with E-state index in [1.807, 2.05) is 10.6 Å². The topological polar surface area (TPSA) is 63.2 Å². The number of hydrogen-bond acceptors (Lipinski definition) is 4. The molecule has 0 bridgehead atoms. The SMILES string of the molecule is N#Cc1ccn2c(CC3CCCCO3)nnc2c1. The summed E-state index contributed by atoms with van der Waals surface area (Å²) in [4.78, 5) is 0. The summed E-state index contributed by atoms with van der Waals surface area (Å²) in [5.41, 5.74) is 1.33. The highest BCUT2D eigenvalue weighted by Gasteiger charge is 2.17. The molecule has 0 radical (unpaired) electrons. The van der Waals surface area contributed by atoms with E-state index in [1.165, 1.54) is 6.42 Å². The number of rotatable bonds is 2. The predicted octanol–water partition coefficient (Wildman–Crippen LogP) is 1.71. The summed E-state index contributed by atoms with van der Waals surface area (Å²) in [5, 5.41) is 17.1. The monoisotopic (exact) mass is 242 g/mol. The van der Waals surface area contributed by atoms with Gasteiger partial charge in [-0.3, -0.25) is 4.40 Å². The average Bonchev–Trinajstić information content (AvgIpc) is 2.82. The van der Waals surface area contributed by atoms with Crippen molar-refractivity contribution >= 4 is 5.65 Å². The lowest BCUT2D eigenvalue weighted by Crippen LogP contribution is -2.22. The van der Waals surface area contributed by atoms with Crippen molar-refractivity contribution < 1.29 is 4.74 Å². The average molecular weight is 242 g/mol. The van der Waals surface area contributed by atoms with Crippen LogP contribution in [-0.2, 0) is 11.2 Å². The van der Waals surface area contributed by atoms with Gasteiger partial charge < -0.3 is 4.74 Å². The molecule has 2 aromatic heterocycles. The van der Waals surface area contributed by atoms with Gasteiger partial charge in [-0.05, 0) is 25.3 Å². The van der Waals surface area contributed by atoms with Gasteiger partial charge in [0.1, 0.15) is 5.82 Å². The number of nitrogens with zero attached hydrogens (tertiary/aromatic N) is 4. The van der Waals surface area contributed by atoms with Gasteiger partial charge >= 0.3 is 0 Å². The number of aromatic nitrogens is 3. The summed E-state index contributed by atoms with van der Waals surface area (Å²) < 4.78 is 7.64. The van der Waals surface area contributed by atoms with Crippen molar-refractivity contribution in [3.05, 3.63) is 29.7 Å². The van der Waals surface area contributed by atoms with E-state index in [0.717, 1.165) is 37.3 Å². The first kappa shape index (κ1) is 11.2. The Morgan fingerprint density at radius 2 is 2.39 bits per heavy atom.